The first-order valence-electron chi connectivity index (χ1n) is 4.44. The summed E-state index contributed by atoms with van der Waals surface area (Å²) in [7, 11) is 4.69. The number of benzene rings is 1. The van der Waals surface area contributed by atoms with Crippen LogP contribution in [0.25, 0.3) is 6.08 Å². The molecule has 1 rings (SSSR count). The second kappa shape index (κ2) is 5.26. The van der Waals surface area contributed by atoms with Crippen molar-refractivity contribution >= 4 is 11.8 Å². The zero-order chi connectivity index (χ0) is 11.3. The van der Waals surface area contributed by atoms with Gasteiger partial charge in [0.05, 0.1) is 21.3 Å². The van der Waals surface area contributed by atoms with E-state index < -0.39 is 0 Å². The first-order valence-corrected chi connectivity index (χ1v) is 4.44. The minimum Gasteiger partial charge on any atom is -0.493 e. The molecule has 0 spiro atoms. The van der Waals surface area contributed by atoms with E-state index in [1.807, 2.05) is 12.1 Å². The van der Waals surface area contributed by atoms with Gasteiger partial charge in [0.25, 0.3) is 0 Å². The van der Waals surface area contributed by atoms with E-state index in [9.17, 15) is 0 Å². The Bertz CT molecular complexity index is 350. The van der Waals surface area contributed by atoms with E-state index in [0.29, 0.717) is 17.2 Å². The molecule has 4 heteroatoms. The molecule has 1 aromatic carbocycles. The van der Waals surface area contributed by atoms with Crippen LogP contribution >= 0.6 is 0 Å². The summed E-state index contributed by atoms with van der Waals surface area (Å²) < 4.78 is 10.4. The summed E-state index contributed by atoms with van der Waals surface area (Å²) in [4.78, 5) is 4.85. The van der Waals surface area contributed by atoms with Gasteiger partial charge in [-0.1, -0.05) is 12.7 Å². The number of ether oxygens (including phenoxy) is 2. The summed E-state index contributed by atoms with van der Waals surface area (Å²) in [5, 5.41) is 0. The Balaban J connectivity index is 3.25. The number of anilines is 1. The van der Waals surface area contributed by atoms with Crippen molar-refractivity contribution in [3.63, 3.8) is 0 Å². The Kier molecular flexibility index (Phi) is 4.00. The van der Waals surface area contributed by atoms with Gasteiger partial charge in [-0.15, -0.1) is 0 Å². The highest BCUT2D eigenvalue weighted by Crippen LogP contribution is 2.36. The largest absolute Gasteiger partial charge is 0.493 e. The maximum absolute atomic E-state index is 5.22. The molecule has 82 valence electrons. The minimum atomic E-state index is 0.602. The van der Waals surface area contributed by atoms with Crippen molar-refractivity contribution in [2.45, 2.75) is 0 Å². The van der Waals surface area contributed by atoms with E-state index in [0.717, 1.165) is 5.56 Å². The molecule has 0 aliphatic heterocycles. The van der Waals surface area contributed by atoms with Crippen molar-refractivity contribution in [3.8, 4) is 11.5 Å². The van der Waals surface area contributed by atoms with Crippen LogP contribution in [-0.4, -0.2) is 21.3 Å². The molecule has 0 bridgehead atoms. The van der Waals surface area contributed by atoms with Crippen LogP contribution < -0.4 is 15.0 Å². The van der Waals surface area contributed by atoms with E-state index in [4.69, 9.17) is 14.3 Å². The van der Waals surface area contributed by atoms with Crippen LogP contribution in [-0.2, 0) is 4.84 Å². The summed E-state index contributed by atoms with van der Waals surface area (Å²) >= 11 is 0. The van der Waals surface area contributed by atoms with Gasteiger partial charge in [-0.25, -0.2) is 0 Å². The van der Waals surface area contributed by atoms with E-state index in [1.54, 1.807) is 20.3 Å². The van der Waals surface area contributed by atoms with Gasteiger partial charge in [-0.3, -0.25) is 10.3 Å². The van der Waals surface area contributed by atoms with Gasteiger partial charge >= 0.3 is 0 Å². The molecular formula is C11H15NO3. The predicted octanol–water partition coefficient (Wildman–Crippen LogP) is 2.32. The third-order valence-corrected chi connectivity index (χ3v) is 1.95. The van der Waals surface area contributed by atoms with E-state index >= 15 is 0 Å². The topological polar surface area (TPSA) is 39.7 Å². The average Bonchev–Trinajstić information content (AvgIpc) is 2.28. The Morgan fingerprint density at radius 1 is 1.20 bits per heavy atom. The van der Waals surface area contributed by atoms with Crippen molar-refractivity contribution in [2.75, 3.05) is 26.8 Å². The molecule has 0 heterocycles. The molecule has 0 aliphatic carbocycles. The second-order valence-corrected chi connectivity index (χ2v) is 2.81. The van der Waals surface area contributed by atoms with Gasteiger partial charge in [0.1, 0.15) is 5.69 Å². The van der Waals surface area contributed by atoms with Crippen LogP contribution in [0, 0.1) is 0 Å². The lowest BCUT2D eigenvalue weighted by atomic mass is 10.1. The minimum absolute atomic E-state index is 0.602. The maximum atomic E-state index is 5.22. The van der Waals surface area contributed by atoms with E-state index in [-0.39, 0.29) is 0 Å². The molecule has 0 aromatic heterocycles. The van der Waals surface area contributed by atoms with Crippen LogP contribution in [0.2, 0.25) is 0 Å². The van der Waals surface area contributed by atoms with E-state index in [2.05, 4.69) is 12.1 Å². The highest BCUT2D eigenvalue weighted by atomic mass is 16.6. The van der Waals surface area contributed by atoms with Crippen LogP contribution in [0.4, 0.5) is 5.69 Å². The summed E-state index contributed by atoms with van der Waals surface area (Å²) in [6.07, 6.45) is 1.72. The molecule has 1 N–H and O–H groups in total. The Labute approximate surface area is 89.4 Å². The molecule has 0 saturated heterocycles. The van der Waals surface area contributed by atoms with Gasteiger partial charge in [-0.05, 0) is 17.7 Å². The lowest BCUT2D eigenvalue weighted by molar-refractivity contribution is 0.266. The lowest BCUT2D eigenvalue weighted by Crippen LogP contribution is -2.01. The fraction of sp³-hybridized carbons (Fsp3) is 0.273. The van der Waals surface area contributed by atoms with Gasteiger partial charge in [0.2, 0.25) is 0 Å². The van der Waals surface area contributed by atoms with Crippen LogP contribution in [0.5, 0.6) is 11.5 Å². The van der Waals surface area contributed by atoms with E-state index in [1.165, 1.54) is 7.11 Å². The van der Waals surface area contributed by atoms with Gasteiger partial charge in [0.15, 0.2) is 11.5 Å². The smallest absolute Gasteiger partial charge is 0.186 e. The normalized spacial score (nSPS) is 9.53. The first-order chi connectivity index (χ1) is 7.26. The van der Waals surface area contributed by atoms with Gasteiger partial charge in [0, 0.05) is 0 Å². The van der Waals surface area contributed by atoms with Crippen molar-refractivity contribution in [2.24, 2.45) is 0 Å². The molecule has 0 unspecified atom stereocenters. The Hall–Kier alpha value is -1.68. The lowest BCUT2D eigenvalue weighted by Gasteiger charge is -2.14. The Morgan fingerprint density at radius 2 is 1.93 bits per heavy atom. The van der Waals surface area contributed by atoms with Gasteiger partial charge < -0.3 is 9.47 Å². The zero-order valence-electron chi connectivity index (χ0n) is 9.16. The second-order valence-electron chi connectivity index (χ2n) is 2.81. The summed E-state index contributed by atoms with van der Waals surface area (Å²) in [6, 6.07) is 3.70. The summed E-state index contributed by atoms with van der Waals surface area (Å²) in [5.74, 6) is 1.24. The van der Waals surface area contributed by atoms with Gasteiger partial charge in [-0.2, -0.15) is 0 Å². The molecule has 1 aromatic rings. The quantitative estimate of drug-likeness (QED) is 0.755. The van der Waals surface area contributed by atoms with Crippen molar-refractivity contribution in [1.29, 1.82) is 0 Å². The Morgan fingerprint density at radius 3 is 2.40 bits per heavy atom. The summed E-state index contributed by atoms with van der Waals surface area (Å²) in [6.45, 7) is 3.70. The molecule has 0 radical (unpaired) electrons. The molecule has 0 atom stereocenters. The highest BCUT2D eigenvalue weighted by molar-refractivity contribution is 5.68. The standard InChI is InChI=1S/C11H15NO3/c1-5-8-6-9(12-15-4)11(14-3)10(7-8)13-2/h5-7,12H,1H2,2-4H3. The third-order valence-electron chi connectivity index (χ3n) is 1.95. The molecule has 4 nitrogen and oxygen atoms in total. The molecule has 0 amide bonds. The monoisotopic (exact) mass is 209 g/mol. The highest BCUT2D eigenvalue weighted by Gasteiger charge is 2.11. The predicted molar refractivity (Wildman–Crippen MR) is 60.3 cm³/mol. The fourth-order valence-electron chi connectivity index (χ4n) is 1.29. The molecule has 0 saturated carbocycles. The third kappa shape index (κ3) is 2.41. The van der Waals surface area contributed by atoms with Crippen LogP contribution in [0.1, 0.15) is 5.56 Å². The molecule has 0 aliphatic rings. The van der Waals surface area contributed by atoms with Crippen molar-refractivity contribution < 1.29 is 14.3 Å². The summed E-state index contributed by atoms with van der Waals surface area (Å²) in [5.41, 5.74) is 4.35. The number of nitrogens with one attached hydrogen (secondary N) is 1. The fourth-order valence-corrected chi connectivity index (χ4v) is 1.29. The molecule has 15 heavy (non-hydrogen) atoms. The molecule has 0 fully saturated rings. The maximum Gasteiger partial charge on any atom is 0.186 e. The first kappa shape index (κ1) is 11.4. The number of hydrogen-bond acceptors (Lipinski definition) is 4. The number of methoxy groups -OCH3 is 2. The molecular weight excluding hydrogens is 194 g/mol. The number of rotatable bonds is 5. The van der Waals surface area contributed by atoms with Crippen molar-refractivity contribution in [1.82, 2.24) is 0 Å². The SMILES string of the molecule is C=Cc1cc(NOC)c(OC)c(OC)c1. The van der Waals surface area contributed by atoms with Crippen molar-refractivity contribution in [3.05, 3.63) is 24.3 Å². The van der Waals surface area contributed by atoms with Crippen LogP contribution in [0.15, 0.2) is 18.7 Å². The van der Waals surface area contributed by atoms with Crippen LogP contribution in [0.3, 0.4) is 0 Å². The zero-order valence-corrected chi connectivity index (χ0v) is 9.16. The number of hydrogen-bond donors (Lipinski definition) is 1. The average molecular weight is 209 g/mol.